The number of ether oxygens (including phenoxy) is 1. The number of nitriles is 1. The first-order chi connectivity index (χ1) is 8.36. The Labute approximate surface area is 105 Å². The number of carboxylic acid groups (broad SMARTS) is 1. The van der Waals surface area contributed by atoms with Gasteiger partial charge >= 0.3 is 11.9 Å². The van der Waals surface area contributed by atoms with E-state index in [1.807, 2.05) is 0 Å². The van der Waals surface area contributed by atoms with Crippen molar-refractivity contribution >= 4 is 11.9 Å². The zero-order chi connectivity index (χ0) is 13.9. The Hall–Kier alpha value is -2.09. The quantitative estimate of drug-likeness (QED) is 0.345. The van der Waals surface area contributed by atoms with E-state index in [0.29, 0.717) is 0 Å². The Morgan fingerprint density at radius 1 is 1.56 bits per heavy atom. The molecule has 0 spiro atoms. The van der Waals surface area contributed by atoms with Gasteiger partial charge < -0.3 is 9.84 Å². The molecule has 0 bridgehead atoms. The minimum Gasteiger partial charge on any atom is -0.481 e. The fraction of sp³-hybridized carbons (Fsp3) is 0.462. The second-order valence-electron chi connectivity index (χ2n) is 4.74. The zero-order valence-corrected chi connectivity index (χ0v) is 10.3. The monoisotopic (exact) mass is 249 g/mol. The molecule has 1 aliphatic carbocycles. The first-order valence-electron chi connectivity index (χ1n) is 5.49. The molecule has 0 saturated heterocycles. The van der Waals surface area contributed by atoms with Crippen LogP contribution in [-0.2, 0) is 14.3 Å². The van der Waals surface area contributed by atoms with E-state index in [1.165, 1.54) is 12.2 Å². The zero-order valence-electron chi connectivity index (χ0n) is 10.3. The lowest BCUT2D eigenvalue weighted by atomic mass is 10.1. The van der Waals surface area contributed by atoms with Crippen molar-refractivity contribution in [1.82, 2.24) is 0 Å². The van der Waals surface area contributed by atoms with Crippen LogP contribution in [0.5, 0.6) is 0 Å². The summed E-state index contributed by atoms with van der Waals surface area (Å²) in [5.41, 5.74) is -0.592. The van der Waals surface area contributed by atoms with E-state index in [1.54, 1.807) is 19.9 Å². The molecule has 1 rings (SSSR count). The second-order valence-corrected chi connectivity index (χ2v) is 4.74. The standard InChI is InChI=1S/C13H15NO4/c1-4-5-18-12(17)8(7-14)6-9-10(11(15)16)13(9,2)3/h4,6,9-10H,1,5H2,2-3H3,(H,15,16). The van der Waals surface area contributed by atoms with Crippen molar-refractivity contribution in [2.45, 2.75) is 13.8 Å². The molecule has 1 saturated carbocycles. The molecule has 96 valence electrons. The molecule has 1 aliphatic rings. The van der Waals surface area contributed by atoms with Gasteiger partial charge in [0.05, 0.1) is 5.92 Å². The molecule has 2 unspecified atom stereocenters. The van der Waals surface area contributed by atoms with Crippen LogP contribution in [0.4, 0.5) is 0 Å². The maximum absolute atomic E-state index is 11.5. The van der Waals surface area contributed by atoms with Crippen LogP contribution in [0.2, 0.25) is 0 Å². The van der Waals surface area contributed by atoms with E-state index < -0.39 is 23.3 Å². The molecule has 0 radical (unpaired) electrons. The number of aliphatic carboxylic acids is 1. The van der Waals surface area contributed by atoms with Crippen LogP contribution in [0.1, 0.15) is 13.8 Å². The first-order valence-corrected chi connectivity index (χ1v) is 5.49. The summed E-state index contributed by atoms with van der Waals surface area (Å²) in [6.45, 7) is 6.99. The maximum atomic E-state index is 11.5. The molecule has 0 aromatic rings. The Bertz CT molecular complexity index is 456. The fourth-order valence-corrected chi connectivity index (χ4v) is 2.00. The molecule has 5 heteroatoms. The number of nitrogens with zero attached hydrogens (tertiary/aromatic N) is 1. The highest BCUT2D eigenvalue weighted by atomic mass is 16.5. The van der Waals surface area contributed by atoms with Crippen LogP contribution in [0, 0.1) is 28.6 Å². The summed E-state index contributed by atoms with van der Waals surface area (Å²) in [6, 6.07) is 1.74. The number of carbonyl (C=O) groups excluding carboxylic acids is 1. The molecule has 0 aromatic heterocycles. The number of allylic oxidation sites excluding steroid dienone is 1. The van der Waals surface area contributed by atoms with Gasteiger partial charge in [0.25, 0.3) is 0 Å². The van der Waals surface area contributed by atoms with Crippen molar-refractivity contribution in [2.75, 3.05) is 6.61 Å². The first kappa shape index (κ1) is 14.0. The summed E-state index contributed by atoms with van der Waals surface area (Å²) in [5.74, 6) is -2.55. The van der Waals surface area contributed by atoms with Gasteiger partial charge in [-0.15, -0.1) is 0 Å². The van der Waals surface area contributed by atoms with Gasteiger partial charge in [0.1, 0.15) is 18.2 Å². The summed E-state index contributed by atoms with van der Waals surface area (Å²) in [5, 5.41) is 17.9. The molecule has 1 fully saturated rings. The molecule has 5 nitrogen and oxygen atoms in total. The molecule has 0 heterocycles. The molecular weight excluding hydrogens is 234 g/mol. The normalized spacial score (nSPS) is 24.8. The number of rotatable bonds is 5. The number of carboxylic acids is 1. The van der Waals surface area contributed by atoms with Crippen molar-refractivity contribution in [3.8, 4) is 6.07 Å². The average Bonchev–Trinajstić information content (AvgIpc) is 2.84. The molecule has 1 N–H and O–H groups in total. The molecule has 0 amide bonds. The van der Waals surface area contributed by atoms with Crippen LogP contribution in [0.25, 0.3) is 0 Å². The predicted molar refractivity (Wildman–Crippen MR) is 63.2 cm³/mol. The summed E-state index contributed by atoms with van der Waals surface area (Å²) in [7, 11) is 0. The van der Waals surface area contributed by atoms with E-state index in [4.69, 9.17) is 15.1 Å². The van der Waals surface area contributed by atoms with E-state index in [0.717, 1.165) is 0 Å². The molecule has 0 aliphatic heterocycles. The highest BCUT2D eigenvalue weighted by Crippen LogP contribution is 2.59. The SMILES string of the molecule is C=CCOC(=O)C(C#N)=CC1C(C(=O)O)C1(C)C. The van der Waals surface area contributed by atoms with Gasteiger partial charge in [0.2, 0.25) is 0 Å². The Morgan fingerprint density at radius 2 is 2.17 bits per heavy atom. The Balaban J connectivity index is 2.82. The average molecular weight is 249 g/mol. The summed E-state index contributed by atoms with van der Waals surface area (Å²) < 4.78 is 4.74. The maximum Gasteiger partial charge on any atom is 0.348 e. The second kappa shape index (κ2) is 5.05. The van der Waals surface area contributed by atoms with Gasteiger partial charge in [-0.25, -0.2) is 4.79 Å². The Kier molecular flexibility index (Phi) is 3.92. The van der Waals surface area contributed by atoms with E-state index in [-0.39, 0.29) is 18.1 Å². The van der Waals surface area contributed by atoms with Crippen LogP contribution < -0.4 is 0 Å². The molecular formula is C13H15NO4. The lowest BCUT2D eigenvalue weighted by Crippen LogP contribution is -2.07. The summed E-state index contributed by atoms with van der Waals surface area (Å²) >= 11 is 0. The lowest BCUT2D eigenvalue weighted by Gasteiger charge is -2.00. The van der Waals surface area contributed by atoms with Crippen molar-refractivity contribution < 1.29 is 19.4 Å². The molecule has 0 aromatic carbocycles. The number of hydrogen-bond acceptors (Lipinski definition) is 4. The van der Waals surface area contributed by atoms with Crippen molar-refractivity contribution in [2.24, 2.45) is 17.3 Å². The topological polar surface area (TPSA) is 87.4 Å². The minimum absolute atomic E-state index is 0.0221. The van der Waals surface area contributed by atoms with Gasteiger partial charge in [0, 0.05) is 0 Å². The van der Waals surface area contributed by atoms with Gasteiger partial charge in [-0.05, 0) is 11.3 Å². The molecule has 2 atom stereocenters. The van der Waals surface area contributed by atoms with Crippen LogP contribution in [-0.4, -0.2) is 23.7 Å². The van der Waals surface area contributed by atoms with E-state index in [2.05, 4.69) is 6.58 Å². The van der Waals surface area contributed by atoms with Crippen molar-refractivity contribution in [3.63, 3.8) is 0 Å². The van der Waals surface area contributed by atoms with Gasteiger partial charge in [-0.3, -0.25) is 4.79 Å². The third-order valence-electron chi connectivity index (χ3n) is 3.20. The largest absolute Gasteiger partial charge is 0.481 e. The van der Waals surface area contributed by atoms with Crippen molar-refractivity contribution in [1.29, 1.82) is 5.26 Å². The minimum atomic E-state index is -0.919. The number of esters is 1. The highest BCUT2D eigenvalue weighted by Gasteiger charge is 2.61. The third kappa shape index (κ3) is 2.59. The molecule has 18 heavy (non-hydrogen) atoms. The lowest BCUT2D eigenvalue weighted by molar-refractivity contribution is -0.140. The van der Waals surface area contributed by atoms with Crippen LogP contribution in [0.15, 0.2) is 24.3 Å². The number of hydrogen-bond donors (Lipinski definition) is 1. The predicted octanol–water partition coefficient (Wildman–Crippen LogP) is 1.52. The van der Waals surface area contributed by atoms with E-state index in [9.17, 15) is 9.59 Å². The fourth-order valence-electron chi connectivity index (χ4n) is 2.00. The third-order valence-corrected chi connectivity index (χ3v) is 3.20. The van der Waals surface area contributed by atoms with Gasteiger partial charge in [-0.1, -0.05) is 32.6 Å². The van der Waals surface area contributed by atoms with Crippen LogP contribution in [0.3, 0.4) is 0 Å². The van der Waals surface area contributed by atoms with E-state index >= 15 is 0 Å². The van der Waals surface area contributed by atoms with Crippen LogP contribution >= 0.6 is 0 Å². The summed E-state index contributed by atoms with van der Waals surface area (Å²) in [6.07, 6.45) is 2.79. The number of carbonyl (C=O) groups is 2. The Morgan fingerprint density at radius 3 is 2.56 bits per heavy atom. The summed E-state index contributed by atoms with van der Waals surface area (Å²) in [4.78, 5) is 22.4. The van der Waals surface area contributed by atoms with Gasteiger partial charge in [0.15, 0.2) is 0 Å². The van der Waals surface area contributed by atoms with Gasteiger partial charge in [-0.2, -0.15) is 5.26 Å². The smallest absolute Gasteiger partial charge is 0.348 e. The highest BCUT2D eigenvalue weighted by molar-refractivity contribution is 5.93. The van der Waals surface area contributed by atoms with Crippen molar-refractivity contribution in [3.05, 3.63) is 24.3 Å².